The minimum Gasteiger partial charge on any atom is -0.490 e. The van der Waals surface area contributed by atoms with Gasteiger partial charge < -0.3 is 20.5 Å². The number of anilines is 1. The third kappa shape index (κ3) is 5.91. The Morgan fingerprint density at radius 3 is 2.56 bits per heavy atom. The largest absolute Gasteiger partial charge is 0.490 e. The van der Waals surface area contributed by atoms with E-state index in [1.807, 2.05) is 0 Å². The molecule has 5 nitrogen and oxygen atoms in total. The van der Waals surface area contributed by atoms with Crippen molar-refractivity contribution < 1.29 is 22.6 Å². The third-order valence-electron chi connectivity index (χ3n) is 3.71. The molecule has 0 atom stereocenters. The summed E-state index contributed by atoms with van der Waals surface area (Å²) < 4.78 is 49.3. The van der Waals surface area contributed by atoms with Crippen LogP contribution in [0.4, 0.5) is 18.9 Å². The molecule has 0 fully saturated rings. The number of ether oxygens (including phenoxy) is 2. The van der Waals surface area contributed by atoms with Gasteiger partial charge in [-0.3, -0.25) is 0 Å². The highest BCUT2D eigenvalue weighted by atomic mass is 127. The number of hydrogen-bond donors (Lipinski definition) is 2. The molecule has 0 saturated heterocycles. The van der Waals surface area contributed by atoms with Crippen LogP contribution in [-0.4, -0.2) is 19.2 Å². The van der Waals surface area contributed by atoms with E-state index in [9.17, 15) is 13.2 Å². The smallest absolute Gasteiger partial charge is 0.416 e. The van der Waals surface area contributed by atoms with E-state index in [2.05, 4.69) is 10.3 Å². The summed E-state index contributed by atoms with van der Waals surface area (Å²) in [5.74, 6) is 1.36. The van der Waals surface area contributed by atoms with Crippen LogP contribution in [0.5, 0.6) is 11.5 Å². The van der Waals surface area contributed by atoms with Gasteiger partial charge in [-0.2, -0.15) is 13.2 Å². The molecule has 146 valence electrons. The van der Waals surface area contributed by atoms with Gasteiger partial charge in [0.2, 0.25) is 0 Å². The van der Waals surface area contributed by atoms with Crippen molar-refractivity contribution in [2.75, 3.05) is 18.5 Å². The molecule has 9 heteroatoms. The van der Waals surface area contributed by atoms with E-state index < -0.39 is 11.7 Å². The van der Waals surface area contributed by atoms with Crippen molar-refractivity contribution in [3.05, 3.63) is 53.6 Å². The van der Waals surface area contributed by atoms with Gasteiger partial charge in [-0.1, -0.05) is 12.1 Å². The van der Waals surface area contributed by atoms with E-state index in [-0.39, 0.29) is 36.5 Å². The fraction of sp³-hybridized carbons (Fsp3) is 0.278. The average Bonchev–Trinajstić information content (AvgIpc) is 2.84. The van der Waals surface area contributed by atoms with E-state index >= 15 is 0 Å². The quantitative estimate of drug-likeness (QED) is 0.378. The van der Waals surface area contributed by atoms with Crippen LogP contribution >= 0.6 is 24.0 Å². The molecule has 1 aliphatic heterocycles. The third-order valence-corrected chi connectivity index (χ3v) is 3.71. The van der Waals surface area contributed by atoms with Crippen LogP contribution < -0.4 is 20.5 Å². The monoisotopic (exact) mass is 493 g/mol. The Hall–Kier alpha value is -2.17. The van der Waals surface area contributed by atoms with Crippen molar-refractivity contribution in [3.8, 4) is 11.5 Å². The molecule has 0 bridgehead atoms. The van der Waals surface area contributed by atoms with E-state index in [4.69, 9.17) is 15.2 Å². The van der Waals surface area contributed by atoms with Crippen LogP contribution in [0, 0.1) is 0 Å². The van der Waals surface area contributed by atoms with E-state index in [0.29, 0.717) is 36.0 Å². The molecule has 3 rings (SSSR count). The highest BCUT2D eigenvalue weighted by Crippen LogP contribution is 2.32. The Bertz CT molecular complexity index is 813. The highest BCUT2D eigenvalue weighted by Gasteiger charge is 2.30. The van der Waals surface area contributed by atoms with Crippen molar-refractivity contribution in [2.24, 2.45) is 10.7 Å². The molecule has 0 saturated carbocycles. The number of nitrogens with one attached hydrogen (secondary N) is 1. The number of guanidine groups is 1. The van der Waals surface area contributed by atoms with E-state index in [1.165, 1.54) is 6.07 Å². The van der Waals surface area contributed by atoms with Crippen LogP contribution in [0.15, 0.2) is 47.5 Å². The van der Waals surface area contributed by atoms with Gasteiger partial charge in [0.05, 0.1) is 25.3 Å². The molecule has 0 aliphatic carbocycles. The molecule has 1 heterocycles. The maximum Gasteiger partial charge on any atom is 0.416 e. The number of benzene rings is 2. The zero-order valence-electron chi connectivity index (χ0n) is 14.3. The number of nitrogens with zero attached hydrogens (tertiary/aromatic N) is 1. The number of nitrogens with two attached hydrogens (primary N) is 1. The summed E-state index contributed by atoms with van der Waals surface area (Å²) in [6, 6.07) is 10.3. The van der Waals surface area contributed by atoms with Crippen LogP contribution in [0.3, 0.4) is 0 Å². The maximum atomic E-state index is 12.7. The van der Waals surface area contributed by atoms with Gasteiger partial charge in [-0.15, -0.1) is 24.0 Å². The number of rotatable bonds is 3. The second kappa shape index (κ2) is 9.16. The Balaban J connectivity index is 0.00000261. The Labute approximate surface area is 171 Å². The summed E-state index contributed by atoms with van der Waals surface area (Å²) in [6.07, 6.45) is -3.58. The first-order valence-corrected chi connectivity index (χ1v) is 8.04. The van der Waals surface area contributed by atoms with Gasteiger partial charge in [0.15, 0.2) is 17.5 Å². The fourth-order valence-electron chi connectivity index (χ4n) is 2.45. The lowest BCUT2D eigenvalue weighted by atomic mass is 10.1. The van der Waals surface area contributed by atoms with Crippen LogP contribution in [0.1, 0.15) is 17.5 Å². The minimum absolute atomic E-state index is 0. The normalized spacial score (nSPS) is 14.1. The molecular weight excluding hydrogens is 474 g/mol. The van der Waals surface area contributed by atoms with Crippen molar-refractivity contribution in [1.82, 2.24) is 0 Å². The number of aliphatic imine (C=N–C) groups is 1. The fourth-order valence-corrected chi connectivity index (χ4v) is 2.45. The van der Waals surface area contributed by atoms with Crippen molar-refractivity contribution in [1.29, 1.82) is 0 Å². The molecular formula is C18H19F3IN3O2. The summed E-state index contributed by atoms with van der Waals surface area (Å²) in [5.41, 5.74) is 6.19. The topological polar surface area (TPSA) is 68.9 Å². The highest BCUT2D eigenvalue weighted by molar-refractivity contribution is 14.0. The lowest BCUT2D eigenvalue weighted by molar-refractivity contribution is -0.137. The van der Waals surface area contributed by atoms with Gasteiger partial charge in [-0.05, 0) is 29.8 Å². The predicted octanol–water partition coefficient (Wildman–Crippen LogP) is 4.41. The Morgan fingerprint density at radius 2 is 1.81 bits per heavy atom. The lowest BCUT2D eigenvalue weighted by Gasteiger charge is -2.11. The van der Waals surface area contributed by atoms with E-state index in [1.54, 1.807) is 24.3 Å². The van der Waals surface area contributed by atoms with Crippen LogP contribution in [-0.2, 0) is 12.7 Å². The molecule has 2 aromatic carbocycles. The minimum atomic E-state index is -4.38. The number of halogens is 4. The van der Waals surface area contributed by atoms with Crippen molar-refractivity contribution >= 4 is 35.6 Å². The summed E-state index contributed by atoms with van der Waals surface area (Å²) in [6.45, 7) is 1.20. The van der Waals surface area contributed by atoms with Gasteiger partial charge >= 0.3 is 6.18 Å². The van der Waals surface area contributed by atoms with Crippen LogP contribution in [0.2, 0.25) is 0 Å². The first-order chi connectivity index (χ1) is 12.4. The number of fused-ring (bicyclic) bond motifs is 1. The zero-order chi connectivity index (χ0) is 18.6. The molecule has 0 spiro atoms. The molecule has 0 radical (unpaired) electrons. The SMILES string of the molecule is I.NC(=NCc1cccc(C(F)(F)F)c1)Nc1ccc2c(c1)OCCCO2. The summed E-state index contributed by atoms with van der Waals surface area (Å²) in [7, 11) is 0. The average molecular weight is 493 g/mol. The zero-order valence-corrected chi connectivity index (χ0v) is 16.6. The van der Waals surface area contributed by atoms with Gasteiger partial charge in [0, 0.05) is 18.2 Å². The summed E-state index contributed by atoms with van der Waals surface area (Å²) in [4.78, 5) is 4.09. The second-order valence-electron chi connectivity index (χ2n) is 5.74. The van der Waals surface area contributed by atoms with Gasteiger partial charge in [0.25, 0.3) is 0 Å². The predicted molar refractivity (Wildman–Crippen MR) is 108 cm³/mol. The first kappa shape index (κ1) is 21.1. The Morgan fingerprint density at radius 1 is 1.07 bits per heavy atom. The molecule has 0 aromatic heterocycles. The van der Waals surface area contributed by atoms with Crippen LogP contribution in [0.25, 0.3) is 0 Å². The molecule has 0 amide bonds. The molecule has 2 aromatic rings. The standard InChI is InChI=1S/C18H18F3N3O2.HI/c19-18(20,21)13-4-1-3-12(9-13)11-23-17(22)24-14-5-6-15-16(10-14)26-8-2-7-25-15;/h1,3-6,9-10H,2,7-8,11H2,(H3,22,23,24);1H. The molecule has 27 heavy (non-hydrogen) atoms. The summed E-state index contributed by atoms with van der Waals surface area (Å²) >= 11 is 0. The van der Waals surface area contributed by atoms with Crippen molar-refractivity contribution in [2.45, 2.75) is 19.1 Å². The maximum absolute atomic E-state index is 12.7. The molecule has 1 aliphatic rings. The second-order valence-corrected chi connectivity index (χ2v) is 5.74. The first-order valence-electron chi connectivity index (χ1n) is 8.04. The summed E-state index contributed by atoms with van der Waals surface area (Å²) in [5, 5.41) is 2.90. The number of hydrogen-bond acceptors (Lipinski definition) is 3. The number of alkyl halides is 3. The lowest BCUT2D eigenvalue weighted by Crippen LogP contribution is -2.22. The van der Waals surface area contributed by atoms with Gasteiger partial charge in [0.1, 0.15) is 0 Å². The molecule has 3 N–H and O–H groups in total. The van der Waals surface area contributed by atoms with Crippen molar-refractivity contribution in [3.63, 3.8) is 0 Å². The van der Waals surface area contributed by atoms with Gasteiger partial charge in [-0.25, -0.2) is 4.99 Å². The molecule has 0 unspecified atom stereocenters. The Kier molecular flexibility index (Phi) is 7.17. The van der Waals surface area contributed by atoms with E-state index in [0.717, 1.165) is 18.6 Å².